The van der Waals surface area contributed by atoms with Crippen LogP contribution >= 0.6 is 11.3 Å². The van der Waals surface area contributed by atoms with Crippen LogP contribution in [0.2, 0.25) is 0 Å². The molecule has 238 valence electrons. The van der Waals surface area contributed by atoms with Crippen molar-refractivity contribution in [2.75, 3.05) is 0 Å². The summed E-state index contributed by atoms with van der Waals surface area (Å²) in [4.78, 5) is 14.5. The normalized spacial score (nSPS) is 11.9. The number of pyridine rings is 3. The van der Waals surface area contributed by atoms with Gasteiger partial charge in [-0.1, -0.05) is 66.7 Å². The first-order chi connectivity index (χ1) is 25.3. The predicted molar refractivity (Wildman–Crippen MR) is 209 cm³/mol. The predicted octanol–water partition coefficient (Wildman–Crippen LogP) is 12.7. The third-order valence-corrected chi connectivity index (χ3v) is 11.0. The number of rotatable bonds is 4. The molecular weight excluding hydrogens is 647 g/mol. The Morgan fingerprint density at radius 1 is 0.392 bits per heavy atom. The van der Waals surface area contributed by atoms with E-state index < -0.39 is 0 Å². The molecule has 5 nitrogen and oxygen atoms in total. The van der Waals surface area contributed by atoms with Gasteiger partial charge in [0.05, 0.1) is 10.2 Å². The Hall–Kier alpha value is -6.63. The molecular formula is C45H25N3O2S. The Bertz CT molecular complexity index is 3020. The van der Waals surface area contributed by atoms with Crippen LogP contribution < -0.4 is 0 Å². The van der Waals surface area contributed by atoms with Crippen molar-refractivity contribution in [3.8, 4) is 44.5 Å². The maximum atomic E-state index is 6.64. The molecule has 6 aromatic heterocycles. The Kier molecular flexibility index (Phi) is 6.05. The van der Waals surface area contributed by atoms with E-state index in [-0.39, 0.29) is 0 Å². The summed E-state index contributed by atoms with van der Waals surface area (Å²) < 4.78 is 15.5. The average Bonchev–Trinajstić information content (AvgIpc) is 3.89. The number of benzene rings is 5. The van der Waals surface area contributed by atoms with Crippen molar-refractivity contribution in [2.24, 2.45) is 0 Å². The van der Waals surface area contributed by atoms with Crippen LogP contribution in [0.15, 0.2) is 161 Å². The summed E-state index contributed by atoms with van der Waals surface area (Å²) in [6.45, 7) is 0. The highest BCUT2D eigenvalue weighted by Crippen LogP contribution is 2.44. The number of furan rings is 2. The Balaban J connectivity index is 1.18. The molecule has 0 saturated heterocycles. The molecule has 0 fully saturated rings. The van der Waals surface area contributed by atoms with Gasteiger partial charge in [-0.25, -0.2) is 0 Å². The summed E-state index contributed by atoms with van der Waals surface area (Å²) in [6, 6.07) is 46.3. The van der Waals surface area contributed by atoms with Crippen molar-refractivity contribution >= 4 is 75.8 Å². The third-order valence-electron chi connectivity index (χ3n) is 9.84. The van der Waals surface area contributed by atoms with Crippen LogP contribution in [-0.2, 0) is 0 Å². The summed E-state index contributed by atoms with van der Waals surface area (Å²) >= 11 is 1.78. The lowest BCUT2D eigenvalue weighted by Gasteiger charge is -2.12. The van der Waals surface area contributed by atoms with E-state index in [0.29, 0.717) is 0 Å². The van der Waals surface area contributed by atoms with Gasteiger partial charge in [0.2, 0.25) is 0 Å². The number of hydrogen-bond donors (Lipinski definition) is 0. The highest BCUT2D eigenvalue weighted by Gasteiger charge is 2.20. The number of thiophene rings is 1. The lowest BCUT2D eigenvalue weighted by atomic mass is 9.93. The van der Waals surface area contributed by atoms with Gasteiger partial charge in [-0.3, -0.25) is 15.0 Å². The lowest BCUT2D eigenvalue weighted by Crippen LogP contribution is -1.89. The summed E-state index contributed by atoms with van der Waals surface area (Å²) in [5, 5.41) is 3.16. The van der Waals surface area contributed by atoms with Crippen molar-refractivity contribution in [1.29, 1.82) is 0 Å². The van der Waals surface area contributed by atoms with Crippen LogP contribution in [0, 0.1) is 0 Å². The Morgan fingerprint density at radius 3 is 1.71 bits per heavy atom. The van der Waals surface area contributed by atoms with E-state index in [0.717, 1.165) is 98.9 Å². The summed E-state index contributed by atoms with van der Waals surface area (Å²) in [7, 11) is 0. The SMILES string of the molecule is c1ccc(-c2ccc3oc4c(-c5cc(-c6ccnc7c6oc6ccccc67)cc(-c6ccnc7c6sc6ccccc67)c5)ccnc4c3c2)cc1. The van der Waals surface area contributed by atoms with E-state index in [4.69, 9.17) is 23.8 Å². The largest absolute Gasteiger partial charge is 0.454 e. The first-order valence-corrected chi connectivity index (χ1v) is 17.6. The fourth-order valence-corrected chi connectivity index (χ4v) is 8.65. The summed E-state index contributed by atoms with van der Waals surface area (Å²) in [5.41, 5.74) is 14.3. The van der Waals surface area contributed by atoms with E-state index >= 15 is 0 Å². The van der Waals surface area contributed by atoms with Gasteiger partial charge in [0.1, 0.15) is 22.2 Å². The average molecular weight is 672 g/mol. The Labute approximate surface area is 295 Å². The van der Waals surface area contributed by atoms with Gasteiger partial charge in [-0.2, -0.15) is 0 Å². The third kappa shape index (κ3) is 4.37. The summed E-state index contributed by atoms with van der Waals surface area (Å²) in [6.07, 6.45) is 5.67. The van der Waals surface area contributed by atoms with Crippen molar-refractivity contribution in [3.63, 3.8) is 0 Å². The molecule has 0 N–H and O–H groups in total. The second-order valence-electron chi connectivity index (χ2n) is 12.8. The number of hydrogen-bond acceptors (Lipinski definition) is 6. The van der Waals surface area contributed by atoms with Gasteiger partial charge in [-0.15, -0.1) is 11.3 Å². The monoisotopic (exact) mass is 671 g/mol. The molecule has 0 aliphatic heterocycles. The van der Waals surface area contributed by atoms with Crippen LogP contribution in [0.5, 0.6) is 0 Å². The van der Waals surface area contributed by atoms with Gasteiger partial charge in [-0.05, 0) is 94.5 Å². The number of nitrogens with zero attached hydrogens (tertiary/aromatic N) is 3. The molecule has 5 aromatic carbocycles. The van der Waals surface area contributed by atoms with Gasteiger partial charge < -0.3 is 8.83 Å². The molecule has 0 radical (unpaired) electrons. The zero-order chi connectivity index (χ0) is 33.5. The zero-order valence-corrected chi connectivity index (χ0v) is 27.8. The van der Waals surface area contributed by atoms with Crippen LogP contribution in [0.1, 0.15) is 0 Å². The standard InChI is InChI=1S/C45H25N3O2S/c1-2-8-26(9-3-1)27-14-15-38-36(25-27)41-44(50-38)32(17-20-47-41)29-22-28(31-16-19-46-40-34-10-4-6-12-37(34)49-43(31)40)23-30(24-29)33-18-21-48-42-35-11-5-7-13-39(35)51-45(33)42/h1-25H. The first-order valence-electron chi connectivity index (χ1n) is 16.8. The molecule has 11 aromatic rings. The van der Waals surface area contributed by atoms with Crippen molar-refractivity contribution < 1.29 is 8.83 Å². The molecule has 0 amide bonds. The molecule has 51 heavy (non-hydrogen) atoms. The molecule has 0 aliphatic carbocycles. The number of aromatic nitrogens is 3. The first kappa shape index (κ1) is 28.2. The van der Waals surface area contributed by atoms with E-state index in [9.17, 15) is 0 Å². The molecule has 0 saturated carbocycles. The second-order valence-corrected chi connectivity index (χ2v) is 13.8. The molecule has 6 heteroatoms. The van der Waals surface area contributed by atoms with Crippen LogP contribution in [-0.4, -0.2) is 15.0 Å². The minimum atomic E-state index is 0.756. The molecule has 0 atom stereocenters. The van der Waals surface area contributed by atoms with Gasteiger partial charge in [0, 0.05) is 56.1 Å². The van der Waals surface area contributed by atoms with Gasteiger partial charge in [0.25, 0.3) is 0 Å². The van der Waals surface area contributed by atoms with Crippen LogP contribution in [0.3, 0.4) is 0 Å². The highest BCUT2D eigenvalue weighted by atomic mass is 32.1. The molecule has 11 rings (SSSR count). The number of fused-ring (bicyclic) bond motifs is 9. The summed E-state index contributed by atoms with van der Waals surface area (Å²) in [5.74, 6) is 0. The maximum Gasteiger partial charge on any atom is 0.161 e. The molecule has 0 bridgehead atoms. The van der Waals surface area contributed by atoms with E-state index in [1.807, 2.05) is 48.9 Å². The fraction of sp³-hybridized carbons (Fsp3) is 0. The molecule has 0 spiro atoms. The fourth-order valence-electron chi connectivity index (χ4n) is 7.45. The van der Waals surface area contributed by atoms with E-state index in [2.05, 4.69) is 103 Å². The van der Waals surface area contributed by atoms with Crippen molar-refractivity contribution in [1.82, 2.24) is 15.0 Å². The maximum absolute atomic E-state index is 6.64. The lowest BCUT2D eigenvalue weighted by molar-refractivity contribution is 0.669. The van der Waals surface area contributed by atoms with Crippen molar-refractivity contribution in [3.05, 3.63) is 152 Å². The zero-order valence-electron chi connectivity index (χ0n) is 27.0. The molecule has 0 aliphatic rings. The van der Waals surface area contributed by atoms with Gasteiger partial charge >= 0.3 is 0 Å². The van der Waals surface area contributed by atoms with Crippen molar-refractivity contribution in [2.45, 2.75) is 0 Å². The minimum Gasteiger partial charge on any atom is -0.454 e. The topological polar surface area (TPSA) is 65.0 Å². The second kappa shape index (κ2) is 10.9. The smallest absolute Gasteiger partial charge is 0.161 e. The van der Waals surface area contributed by atoms with E-state index in [1.54, 1.807) is 11.3 Å². The van der Waals surface area contributed by atoms with Crippen LogP contribution in [0.4, 0.5) is 0 Å². The quantitative estimate of drug-likeness (QED) is 0.186. The molecule has 6 heterocycles. The van der Waals surface area contributed by atoms with Crippen LogP contribution in [0.25, 0.3) is 109 Å². The van der Waals surface area contributed by atoms with Gasteiger partial charge in [0.15, 0.2) is 11.2 Å². The highest BCUT2D eigenvalue weighted by molar-refractivity contribution is 7.26. The Morgan fingerprint density at radius 2 is 0.961 bits per heavy atom. The minimum absolute atomic E-state index is 0.756. The number of para-hydroxylation sites is 1. The molecule has 0 unspecified atom stereocenters. The van der Waals surface area contributed by atoms with E-state index in [1.165, 1.54) is 10.1 Å².